The Hall–Kier alpha value is -1.06. The fraction of sp³-hybridized carbons (Fsp3) is 0.571. The zero-order valence-electron chi connectivity index (χ0n) is 10.6. The molecule has 94 valence electrons. The summed E-state index contributed by atoms with van der Waals surface area (Å²) < 4.78 is 10.8. The van der Waals surface area contributed by atoms with Gasteiger partial charge in [0.2, 0.25) is 0 Å². The lowest BCUT2D eigenvalue weighted by atomic mass is 10.2. The summed E-state index contributed by atoms with van der Waals surface area (Å²) >= 11 is 0. The quantitative estimate of drug-likeness (QED) is 0.787. The second-order valence-corrected chi connectivity index (χ2v) is 4.69. The van der Waals surface area contributed by atoms with Gasteiger partial charge in [-0.3, -0.25) is 0 Å². The number of methoxy groups -OCH3 is 1. The minimum Gasteiger partial charge on any atom is -0.488 e. The van der Waals surface area contributed by atoms with Crippen molar-refractivity contribution in [1.82, 2.24) is 5.32 Å². The summed E-state index contributed by atoms with van der Waals surface area (Å²) in [5, 5.41) is 3.50. The Kier molecular flexibility index (Phi) is 4.40. The zero-order chi connectivity index (χ0) is 12.1. The number of ether oxygens (including phenoxy) is 2. The van der Waals surface area contributed by atoms with Gasteiger partial charge in [0.05, 0.1) is 6.61 Å². The number of rotatable bonds is 7. The molecule has 1 N–H and O–H groups in total. The third-order valence-electron chi connectivity index (χ3n) is 2.81. The van der Waals surface area contributed by atoms with Crippen molar-refractivity contribution in [2.45, 2.75) is 38.5 Å². The molecule has 0 aromatic heterocycles. The van der Waals surface area contributed by atoms with Crippen molar-refractivity contribution >= 4 is 0 Å². The number of nitrogens with one attached hydrogen (secondary N) is 1. The van der Waals surface area contributed by atoms with Gasteiger partial charge in [0.25, 0.3) is 0 Å². The van der Waals surface area contributed by atoms with Gasteiger partial charge in [-0.2, -0.15) is 0 Å². The molecule has 1 aromatic carbocycles. The van der Waals surface area contributed by atoms with E-state index in [9.17, 15) is 0 Å². The molecule has 1 fully saturated rings. The highest BCUT2D eigenvalue weighted by atomic mass is 16.5. The molecular weight excluding hydrogens is 214 g/mol. The maximum Gasteiger partial charge on any atom is 0.120 e. The topological polar surface area (TPSA) is 30.5 Å². The normalized spacial score (nSPS) is 16.8. The molecule has 3 nitrogen and oxygen atoms in total. The molecule has 0 saturated heterocycles. The van der Waals surface area contributed by atoms with E-state index in [-0.39, 0.29) is 6.10 Å². The molecular formula is C14H21NO2. The maximum atomic E-state index is 5.77. The highest BCUT2D eigenvalue weighted by Gasteiger charge is 2.19. The minimum atomic E-state index is 0.0895. The SMILES string of the molecule is COC[C@@H](C)Oc1cccc(CNC2CC2)c1. The Labute approximate surface area is 103 Å². The average Bonchev–Trinajstić information content (AvgIpc) is 3.11. The highest BCUT2D eigenvalue weighted by Crippen LogP contribution is 2.20. The number of hydrogen-bond donors (Lipinski definition) is 1. The first kappa shape index (κ1) is 12.4. The van der Waals surface area contributed by atoms with Crippen molar-refractivity contribution < 1.29 is 9.47 Å². The fourth-order valence-corrected chi connectivity index (χ4v) is 1.78. The molecule has 2 rings (SSSR count). The molecule has 1 aliphatic carbocycles. The summed E-state index contributed by atoms with van der Waals surface area (Å²) in [6.45, 7) is 3.56. The predicted molar refractivity (Wildman–Crippen MR) is 68.3 cm³/mol. The summed E-state index contributed by atoms with van der Waals surface area (Å²) in [5.74, 6) is 0.921. The first-order chi connectivity index (χ1) is 8.28. The average molecular weight is 235 g/mol. The van der Waals surface area contributed by atoms with Gasteiger partial charge < -0.3 is 14.8 Å². The van der Waals surface area contributed by atoms with Crippen molar-refractivity contribution in [1.29, 1.82) is 0 Å². The van der Waals surface area contributed by atoms with Gasteiger partial charge in [-0.1, -0.05) is 12.1 Å². The van der Waals surface area contributed by atoms with Crippen molar-refractivity contribution in [3.63, 3.8) is 0 Å². The molecule has 0 spiro atoms. The van der Waals surface area contributed by atoms with E-state index in [1.54, 1.807) is 7.11 Å². The lowest BCUT2D eigenvalue weighted by molar-refractivity contribution is 0.0920. The Bertz CT molecular complexity index is 350. The molecule has 0 aliphatic heterocycles. The second-order valence-electron chi connectivity index (χ2n) is 4.69. The van der Waals surface area contributed by atoms with E-state index < -0.39 is 0 Å². The summed E-state index contributed by atoms with van der Waals surface area (Å²) in [6.07, 6.45) is 2.73. The molecule has 0 radical (unpaired) electrons. The Morgan fingerprint density at radius 2 is 2.24 bits per heavy atom. The molecule has 0 amide bonds. The van der Waals surface area contributed by atoms with E-state index in [0.29, 0.717) is 6.61 Å². The van der Waals surface area contributed by atoms with Crippen LogP contribution < -0.4 is 10.1 Å². The number of benzene rings is 1. The molecule has 1 atom stereocenters. The van der Waals surface area contributed by atoms with Crippen LogP contribution in [-0.4, -0.2) is 25.9 Å². The van der Waals surface area contributed by atoms with Gasteiger partial charge in [-0.05, 0) is 37.5 Å². The summed E-state index contributed by atoms with van der Waals surface area (Å²) in [5.41, 5.74) is 1.28. The van der Waals surface area contributed by atoms with Gasteiger partial charge in [0, 0.05) is 19.7 Å². The van der Waals surface area contributed by atoms with Crippen LogP contribution in [0.2, 0.25) is 0 Å². The molecule has 17 heavy (non-hydrogen) atoms. The Morgan fingerprint density at radius 1 is 1.41 bits per heavy atom. The summed E-state index contributed by atoms with van der Waals surface area (Å²) in [4.78, 5) is 0. The molecule has 0 heterocycles. The van der Waals surface area contributed by atoms with Crippen LogP contribution in [0.1, 0.15) is 25.3 Å². The van der Waals surface area contributed by atoms with Gasteiger partial charge in [0.1, 0.15) is 11.9 Å². The third kappa shape index (κ3) is 4.36. The van der Waals surface area contributed by atoms with E-state index in [1.807, 2.05) is 19.1 Å². The maximum absolute atomic E-state index is 5.77. The fourth-order valence-electron chi connectivity index (χ4n) is 1.78. The molecule has 1 aliphatic rings. The Morgan fingerprint density at radius 3 is 2.94 bits per heavy atom. The van der Waals surface area contributed by atoms with Crippen LogP contribution in [0.3, 0.4) is 0 Å². The van der Waals surface area contributed by atoms with E-state index in [0.717, 1.165) is 18.3 Å². The van der Waals surface area contributed by atoms with Gasteiger partial charge in [-0.15, -0.1) is 0 Å². The predicted octanol–water partition coefficient (Wildman–Crippen LogP) is 2.35. The first-order valence-electron chi connectivity index (χ1n) is 6.26. The summed E-state index contributed by atoms with van der Waals surface area (Å²) in [6, 6.07) is 9.00. The van der Waals surface area contributed by atoms with Crippen LogP contribution in [-0.2, 0) is 11.3 Å². The molecule has 3 heteroatoms. The van der Waals surface area contributed by atoms with Crippen LogP contribution in [0, 0.1) is 0 Å². The van der Waals surface area contributed by atoms with E-state index in [2.05, 4.69) is 17.4 Å². The standard InChI is InChI=1S/C14H21NO2/c1-11(10-16-2)17-14-5-3-4-12(8-14)9-15-13-6-7-13/h3-5,8,11,13,15H,6-7,9-10H2,1-2H3/t11-/m1/s1. The summed E-state index contributed by atoms with van der Waals surface area (Å²) in [7, 11) is 1.69. The monoisotopic (exact) mass is 235 g/mol. The van der Waals surface area contributed by atoms with Crippen LogP contribution >= 0.6 is 0 Å². The van der Waals surface area contributed by atoms with E-state index >= 15 is 0 Å². The Balaban J connectivity index is 1.85. The molecule has 1 saturated carbocycles. The number of hydrogen-bond acceptors (Lipinski definition) is 3. The molecule has 0 bridgehead atoms. The van der Waals surface area contributed by atoms with Crippen molar-refractivity contribution in [3.05, 3.63) is 29.8 Å². The minimum absolute atomic E-state index is 0.0895. The molecule has 0 unspecified atom stereocenters. The smallest absolute Gasteiger partial charge is 0.120 e. The zero-order valence-corrected chi connectivity index (χ0v) is 10.6. The van der Waals surface area contributed by atoms with Crippen molar-refractivity contribution in [2.24, 2.45) is 0 Å². The largest absolute Gasteiger partial charge is 0.488 e. The second kappa shape index (κ2) is 6.03. The first-order valence-corrected chi connectivity index (χ1v) is 6.26. The van der Waals surface area contributed by atoms with Crippen LogP contribution in [0.4, 0.5) is 0 Å². The highest BCUT2D eigenvalue weighted by molar-refractivity contribution is 5.28. The van der Waals surface area contributed by atoms with Crippen molar-refractivity contribution in [3.8, 4) is 5.75 Å². The lowest BCUT2D eigenvalue weighted by Gasteiger charge is -2.14. The van der Waals surface area contributed by atoms with Gasteiger partial charge in [0.15, 0.2) is 0 Å². The van der Waals surface area contributed by atoms with Crippen LogP contribution in [0.25, 0.3) is 0 Å². The van der Waals surface area contributed by atoms with Gasteiger partial charge in [-0.25, -0.2) is 0 Å². The van der Waals surface area contributed by atoms with E-state index in [1.165, 1.54) is 18.4 Å². The molecule has 1 aromatic rings. The third-order valence-corrected chi connectivity index (χ3v) is 2.81. The van der Waals surface area contributed by atoms with Crippen LogP contribution in [0.15, 0.2) is 24.3 Å². The van der Waals surface area contributed by atoms with Gasteiger partial charge >= 0.3 is 0 Å². The van der Waals surface area contributed by atoms with Crippen molar-refractivity contribution in [2.75, 3.05) is 13.7 Å². The van der Waals surface area contributed by atoms with E-state index in [4.69, 9.17) is 9.47 Å². The lowest BCUT2D eigenvalue weighted by Crippen LogP contribution is -2.18. The van der Waals surface area contributed by atoms with Crippen LogP contribution in [0.5, 0.6) is 5.75 Å².